The van der Waals surface area contributed by atoms with Gasteiger partial charge in [-0.3, -0.25) is 4.99 Å². The second kappa shape index (κ2) is 10.8. The average Bonchev–Trinajstić information content (AvgIpc) is 2.97. The van der Waals surface area contributed by atoms with Gasteiger partial charge in [-0.05, 0) is 30.4 Å². The number of ether oxygens (including phenoxy) is 1. The first-order valence-electron chi connectivity index (χ1n) is 9.05. The van der Waals surface area contributed by atoms with Crippen molar-refractivity contribution in [2.24, 2.45) is 10.4 Å². The topological polar surface area (TPSA) is 61.4 Å². The first kappa shape index (κ1) is 22.8. The Morgan fingerprint density at radius 3 is 2.62 bits per heavy atom. The minimum Gasteiger partial charge on any atom is -0.379 e. The van der Waals surface area contributed by atoms with Crippen molar-refractivity contribution >= 4 is 40.8 Å². The Kier molecular flexibility index (Phi) is 9.43. The summed E-state index contributed by atoms with van der Waals surface area (Å²) in [4.78, 5) is 8.02. The SMILES string of the molecule is CCNC(=NCC(OC)C(C)(C)C)NCCc1c[nH]c2ccccc12.I. The van der Waals surface area contributed by atoms with E-state index in [1.165, 1.54) is 16.5 Å². The van der Waals surface area contributed by atoms with Crippen molar-refractivity contribution < 1.29 is 4.74 Å². The zero-order valence-electron chi connectivity index (χ0n) is 16.6. The second-order valence-electron chi connectivity index (χ2n) is 7.35. The number of H-pyrrole nitrogens is 1. The highest BCUT2D eigenvalue weighted by Gasteiger charge is 2.24. The third kappa shape index (κ3) is 6.46. The van der Waals surface area contributed by atoms with Crippen LogP contribution in [0, 0.1) is 5.41 Å². The molecule has 0 aliphatic rings. The number of aromatic amines is 1. The number of para-hydroxylation sites is 1. The largest absolute Gasteiger partial charge is 0.379 e. The highest BCUT2D eigenvalue weighted by atomic mass is 127. The number of halogens is 1. The Morgan fingerprint density at radius 2 is 1.96 bits per heavy atom. The molecule has 0 radical (unpaired) electrons. The number of aromatic nitrogens is 1. The zero-order chi connectivity index (χ0) is 18.3. The highest BCUT2D eigenvalue weighted by Crippen LogP contribution is 2.22. The maximum Gasteiger partial charge on any atom is 0.191 e. The predicted molar refractivity (Wildman–Crippen MR) is 122 cm³/mol. The number of nitrogens with zero attached hydrogens (tertiary/aromatic N) is 1. The fourth-order valence-corrected chi connectivity index (χ4v) is 2.87. The van der Waals surface area contributed by atoms with Crippen molar-refractivity contribution in [1.82, 2.24) is 15.6 Å². The molecule has 6 heteroatoms. The van der Waals surface area contributed by atoms with Crippen molar-refractivity contribution in [1.29, 1.82) is 0 Å². The number of methoxy groups -OCH3 is 1. The Balaban J connectivity index is 0.00000338. The number of hydrogen-bond acceptors (Lipinski definition) is 2. The van der Waals surface area contributed by atoms with Gasteiger partial charge in [0.15, 0.2) is 5.96 Å². The van der Waals surface area contributed by atoms with Crippen molar-refractivity contribution in [2.75, 3.05) is 26.7 Å². The van der Waals surface area contributed by atoms with Crippen LogP contribution in [-0.2, 0) is 11.2 Å². The van der Waals surface area contributed by atoms with Gasteiger partial charge in [-0.2, -0.15) is 0 Å². The van der Waals surface area contributed by atoms with Crippen LogP contribution >= 0.6 is 24.0 Å². The smallest absolute Gasteiger partial charge is 0.191 e. The summed E-state index contributed by atoms with van der Waals surface area (Å²) in [5.41, 5.74) is 2.58. The molecule has 146 valence electrons. The fourth-order valence-electron chi connectivity index (χ4n) is 2.87. The van der Waals surface area contributed by atoms with Crippen LogP contribution in [0.2, 0.25) is 0 Å². The van der Waals surface area contributed by atoms with E-state index in [4.69, 9.17) is 9.73 Å². The molecule has 1 atom stereocenters. The van der Waals surface area contributed by atoms with Crippen molar-refractivity contribution in [3.05, 3.63) is 36.0 Å². The summed E-state index contributed by atoms with van der Waals surface area (Å²) in [5.74, 6) is 0.841. The maximum atomic E-state index is 5.59. The molecule has 3 N–H and O–H groups in total. The molecule has 2 aromatic rings. The minimum absolute atomic E-state index is 0. The Hall–Kier alpha value is -1.28. The van der Waals surface area contributed by atoms with Crippen LogP contribution in [0.4, 0.5) is 0 Å². The molecule has 5 nitrogen and oxygen atoms in total. The van der Waals surface area contributed by atoms with Crippen LogP contribution in [0.25, 0.3) is 10.9 Å². The molecule has 0 aliphatic heterocycles. The van der Waals surface area contributed by atoms with Gasteiger partial charge in [0.05, 0.1) is 12.6 Å². The number of aliphatic imine (C=N–C) groups is 1. The van der Waals surface area contributed by atoms with Gasteiger partial charge in [-0.15, -0.1) is 24.0 Å². The molecule has 0 saturated heterocycles. The van der Waals surface area contributed by atoms with Gasteiger partial charge in [0, 0.05) is 37.3 Å². The van der Waals surface area contributed by atoms with Crippen LogP contribution in [-0.4, -0.2) is 43.8 Å². The lowest BCUT2D eigenvalue weighted by atomic mass is 9.89. The van der Waals surface area contributed by atoms with Crippen LogP contribution < -0.4 is 10.6 Å². The Bertz CT molecular complexity index is 690. The van der Waals surface area contributed by atoms with Crippen LogP contribution in [0.15, 0.2) is 35.5 Å². The third-order valence-electron chi connectivity index (χ3n) is 4.37. The molecule has 0 saturated carbocycles. The van der Waals surface area contributed by atoms with E-state index in [0.29, 0.717) is 6.54 Å². The summed E-state index contributed by atoms with van der Waals surface area (Å²) < 4.78 is 5.59. The summed E-state index contributed by atoms with van der Waals surface area (Å²) in [6.45, 7) is 10.9. The molecule has 1 unspecified atom stereocenters. The number of benzene rings is 1. The summed E-state index contributed by atoms with van der Waals surface area (Å²) in [6.07, 6.45) is 3.13. The van der Waals surface area contributed by atoms with E-state index in [2.05, 4.69) is 73.8 Å². The monoisotopic (exact) mass is 472 g/mol. The number of nitrogens with one attached hydrogen (secondary N) is 3. The Morgan fingerprint density at radius 1 is 1.23 bits per heavy atom. The molecule has 1 heterocycles. The van der Waals surface area contributed by atoms with Gasteiger partial charge < -0.3 is 20.4 Å². The summed E-state index contributed by atoms with van der Waals surface area (Å²) in [5, 5.41) is 8.02. The number of rotatable bonds is 7. The van der Waals surface area contributed by atoms with E-state index < -0.39 is 0 Å². The molecule has 26 heavy (non-hydrogen) atoms. The van der Waals surface area contributed by atoms with Gasteiger partial charge in [-0.1, -0.05) is 39.0 Å². The van der Waals surface area contributed by atoms with E-state index in [-0.39, 0.29) is 35.5 Å². The van der Waals surface area contributed by atoms with Gasteiger partial charge in [0.2, 0.25) is 0 Å². The molecular weight excluding hydrogens is 439 g/mol. The number of fused-ring (bicyclic) bond motifs is 1. The summed E-state index contributed by atoms with van der Waals surface area (Å²) in [7, 11) is 1.75. The van der Waals surface area contributed by atoms with Crippen molar-refractivity contribution in [3.8, 4) is 0 Å². The first-order chi connectivity index (χ1) is 12.0. The molecule has 1 aromatic carbocycles. The minimum atomic E-state index is 0. The Labute approximate surface area is 174 Å². The summed E-state index contributed by atoms with van der Waals surface area (Å²) in [6, 6.07) is 8.40. The van der Waals surface area contributed by atoms with E-state index in [1.807, 2.05) is 0 Å². The van der Waals surface area contributed by atoms with Gasteiger partial charge in [0.1, 0.15) is 0 Å². The fraction of sp³-hybridized carbons (Fsp3) is 0.550. The average molecular weight is 472 g/mol. The van der Waals surface area contributed by atoms with E-state index in [9.17, 15) is 0 Å². The van der Waals surface area contributed by atoms with Crippen molar-refractivity contribution in [2.45, 2.75) is 40.2 Å². The summed E-state index contributed by atoms with van der Waals surface area (Å²) >= 11 is 0. The quantitative estimate of drug-likeness (QED) is 0.325. The lowest BCUT2D eigenvalue weighted by Gasteiger charge is -2.28. The zero-order valence-corrected chi connectivity index (χ0v) is 18.9. The van der Waals surface area contributed by atoms with Gasteiger partial charge in [0.25, 0.3) is 0 Å². The van der Waals surface area contributed by atoms with Crippen LogP contribution in [0.5, 0.6) is 0 Å². The van der Waals surface area contributed by atoms with Gasteiger partial charge in [-0.25, -0.2) is 0 Å². The molecule has 0 fully saturated rings. The first-order valence-corrected chi connectivity index (χ1v) is 9.05. The normalized spacial score (nSPS) is 13.3. The lowest BCUT2D eigenvalue weighted by Crippen LogP contribution is -2.40. The second-order valence-corrected chi connectivity index (χ2v) is 7.35. The lowest BCUT2D eigenvalue weighted by molar-refractivity contribution is 0.0241. The maximum absolute atomic E-state index is 5.59. The van der Waals surface area contributed by atoms with Crippen LogP contribution in [0.3, 0.4) is 0 Å². The molecule has 2 rings (SSSR count). The van der Waals surface area contributed by atoms with E-state index in [0.717, 1.165) is 25.5 Å². The van der Waals surface area contributed by atoms with Gasteiger partial charge >= 0.3 is 0 Å². The predicted octanol–water partition coefficient (Wildman–Crippen LogP) is 3.94. The van der Waals surface area contributed by atoms with E-state index in [1.54, 1.807) is 7.11 Å². The molecule has 0 aliphatic carbocycles. The van der Waals surface area contributed by atoms with Crippen molar-refractivity contribution in [3.63, 3.8) is 0 Å². The number of hydrogen-bond donors (Lipinski definition) is 3. The number of guanidine groups is 1. The van der Waals surface area contributed by atoms with Crippen LogP contribution in [0.1, 0.15) is 33.3 Å². The molecule has 1 aromatic heterocycles. The third-order valence-corrected chi connectivity index (χ3v) is 4.37. The molecule has 0 spiro atoms. The van der Waals surface area contributed by atoms with E-state index >= 15 is 0 Å². The molecule has 0 amide bonds. The molecular formula is C20H33IN4O. The highest BCUT2D eigenvalue weighted by molar-refractivity contribution is 14.0. The standard InChI is InChI=1S/C20H32N4O.HI/c1-6-21-19(24-14-18(25-5)20(2,3)4)22-12-11-15-13-23-17-10-8-7-9-16(15)17;/h7-10,13,18,23H,6,11-12,14H2,1-5H3,(H2,21,22,24);1H. The molecule has 0 bridgehead atoms.